The number of ether oxygens (including phenoxy) is 1. The van der Waals surface area contributed by atoms with Crippen LogP contribution >= 0.6 is 0 Å². The summed E-state index contributed by atoms with van der Waals surface area (Å²) in [6, 6.07) is 5.81. The van der Waals surface area contributed by atoms with E-state index >= 15 is 0 Å². The monoisotopic (exact) mass is 237 g/mol. The van der Waals surface area contributed by atoms with Crippen molar-refractivity contribution in [3.8, 4) is 5.75 Å². The second-order valence-electron chi connectivity index (χ2n) is 5.34. The van der Waals surface area contributed by atoms with E-state index in [2.05, 4.69) is 19.2 Å². The quantitative estimate of drug-likeness (QED) is 0.872. The van der Waals surface area contributed by atoms with Crippen LogP contribution in [0, 0.1) is 11.2 Å². The van der Waals surface area contributed by atoms with Crippen molar-refractivity contribution in [3.05, 3.63) is 29.6 Å². The summed E-state index contributed by atoms with van der Waals surface area (Å²) in [4.78, 5) is 0. The Bertz CT molecular complexity index is 417. The zero-order chi connectivity index (χ0) is 12.6. The van der Waals surface area contributed by atoms with Crippen molar-refractivity contribution in [1.82, 2.24) is 5.32 Å². The molecule has 1 saturated carbocycles. The molecule has 0 heterocycles. The summed E-state index contributed by atoms with van der Waals surface area (Å²) in [7, 11) is 3.47. The Morgan fingerprint density at radius 3 is 2.59 bits per heavy atom. The summed E-state index contributed by atoms with van der Waals surface area (Å²) in [6.45, 7) is 4.45. The van der Waals surface area contributed by atoms with Crippen molar-refractivity contribution in [3.63, 3.8) is 0 Å². The molecule has 0 saturated heterocycles. The molecule has 0 bridgehead atoms. The average Bonchev–Trinajstić information content (AvgIpc) is 2.28. The van der Waals surface area contributed by atoms with Gasteiger partial charge in [-0.3, -0.25) is 0 Å². The number of halogens is 1. The molecule has 1 aliphatic rings. The highest BCUT2D eigenvalue weighted by Crippen LogP contribution is 2.52. The maximum atomic E-state index is 13.7. The first-order chi connectivity index (χ1) is 8.00. The fourth-order valence-corrected chi connectivity index (χ4v) is 2.88. The van der Waals surface area contributed by atoms with Crippen LogP contribution in [0.1, 0.15) is 31.7 Å². The van der Waals surface area contributed by atoms with Gasteiger partial charge in [-0.25, -0.2) is 4.39 Å². The third-order valence-electron chi connectivity index (χ3n) is 4.19. The lowest BCUT2D eigenvalue weighted by molar-refractivity contribution is 0.0749. The SMILES string of the molecule is CNC1CC(c2ccc(OC)c(F)c2)C1(C)C. The van der Waals surface area contributed by atoms with Gasteiger partial charge in [0.2, 0.25) is 0 Å². The second kappa shape index (κ2) is 4.30. The van der Waals surface area contributed by atoms with Gasteiger partial charge >= 0.3 is 0 Å². The average molecular weight is 237 g/mol. The first-order valence-corrected chi connectivity index (χ1v) is 6.01. The molecule has 2 nitrogen and oxygen atoms in total. The van der Waals surface area contributed by atoms with Gasteiger partial charge in [0.05, 0.1) is 7.11 Å². The highest BCUT2D eigenvalue weighted by Gasteiger charge is 2.47. The molecular formula is C14H20FNO. The smallest absolute Gasteiger partial charge is 0.165 e. The normalized spacial score (nSPS) is 26.4. The summed E-state index contributed by atoms with van der Waals surface area (Å²) in [5.41, 5.74) is 1.25. The van der Waals surface area contributed by atoms with Crippen LogP contribution in [-0.2, 0) is 0 Å². The molecule has 1 fully saturated rings. The van der Waals surface area contributed by atoms with Crippen LogP contribution < -0.4 is 10.1 Å². The Labute approximate surface area is 102 Å². The van der Waals surface area contributed by atoms with E-state index in [9.17, 15) is 4.39 Å². The number of hydrogen-bond donors (Lipinski definition) is 1. The predicted molar refractivity (Wildman–Crippen MR) is 66.9 cm³/mol. The second-order valence-corrected chi connectivity index (χ2v) is 5.34. The van der Waals surface area contributed by atoms with E-state index in [-0.39, 0.29) is 11.2 Å². The number of nitrogens with one attached hydrogen (secondary N) is 1. The van der Waals surface area contributed by atoms with Crippen molar-refractivity contribution in [2.45, 2.75) is 32.2 Å². The van der Waals surface area contributed by atoms with Crippen LogP contribution in [0.25, 0.3) is 0 Å². The van der Waals surface area contributed by atoms with Crippen molar-refractivity contribution in [2.24, 2.45) is 5.41 Å². The minimum Gasteiger partial charge on any atom is -0.494 e. The van der Waals surface area contributed by atoms with Crippen molar-refractivity contribution < 1.29 is 9.13 Å². The third kappa shape index (κ3) is 1.93. The van der Waals surface area contributed by atoms with Crippen molar-refractivity contribution in [1.29, 1.82) is 0 Å². The maximum absolute atomic E-state index is 13.7. The lowest BCUT2D eigenvalue weighted by Gasteiger charge is -2.52. The number of rotatable bonds is 3. The zero-order valence-corrected chi connectivity index (χ0v) is 10.9. The molecule has 2 rings (SSSR count). The summed E-state index contributed by atoms with van der Waals surface area (Å²) in [6.07, 6.45) is 1.06. The molecule has 0 amide bonds. The van der Waals surface area contributed by atoms with Gasteiger partial charge in [-0.2, -0.15) is 0 Å². The Balaban J connectivity index is 2.23. The van der Waals surface area contributed by atoms with Crippen LogP contribution in [-0.4, -0.2) is 20.2 Å². The molecule has 2 unspecified atom stereocenters. The largest absolute Gasteiger partial charge is 0.494 e. The molecule has 0 spiro atoms. The molecule has 0 aliphatic heterocycles. The Kier molecular flexibility index (Phi) is 3.13. The molecule has 94 valence electrons. The summed E-state index contributed by atoms with van der Waals surface area (Å²) in [5, 5.41) is 3.31. The first-order valence-electron chi connectivity index (χ1n) is 6.01. The zero-order valence-electron chi connectivity index (χ0n) is 10.9. The van der Waals surface area contributed by atoms with Crippen molar-refractivity contribution in [2.75, 3.05) is 14.2 Å². The number of benzene rings is 1. The first kappa shape index (κ1) is 12.4. The highest BCUT2D eigenvalue weighted by molar-refractivity contribution is 5.34. The lowest BCUT2D eigenvalue weighted by atomic mass is 9.56. The van der Waals surface area contributed by atoms with E-state index in [0.29, 0.717) is 17.7 Å². The van der Waals surface area contributed by atoms with Crippen LogP contribution in [0.2, 0.25) is 0 Å². The molecule has 3 heteroatoms. The predicted octanol–water partition coefficient (Wildman–Crippen LogP) is 2.94. The fourth-order valence-electron chi connectivity index (χ4n) is 2.88. The summed E-state index contributed by atoms with van der Waals surface area (Å²) < 4.78 is 18.6. The Morgan fingerprint density at radius 1 is 1.41 bits per heavy atom. The van der Waals surface area contributed by atoms with E-state index in [4.69, 9.17) is 4.74 Å². The number of hydrogen-bond acceptors (Lipinski definition) is 2. The van der Waals surface area contributed by atoms with E-state index < -0.39 is 0 Å². The minimum atomic E-state index is -0.270. The van der Waals surface area contributed by atoms with Gasteiger partial charge in [0.25, 0.3) is 0 Å². The minimum absolute atomic E-state index is 0.176. The molecule has 1 aromatic rings. The molecular weight excluding hydrogens is 217 g/mol. The van der Waals surface area contributed by atoms with Crippen LogP contribution in [0.15, 0.2) is 18.2 Å². The van der Waals surface area contributed by atoms with Crippen LogP contribution in [0.5, 0.6) is 5.75 Å². The van der Waals surface area contributed by atoms with Gasteiger partial charge in [0.1, 0.15) is 0 Å². The summed E-state index contributed by atoms with van der Waals surface area (Å²) in [5.74, 6) is 0.463. The van der Waals surface area contributed by atoms with Gasteiger partial charge in [0, 0.05) is 6.04 Å². The molecule has 0 radical (unpaired) electrons. The van der Waals surface area contributed by atoms with E-state index in [1.807, 2.05) is 13.1 Å². The maximum Gasteiger partial charge on any atom is 0.165 e. The molecule has 1 aliphatic carbocycles. The molecule has 0 aromatic heterocycles. The Hall–Kier alpha value is -1.09. The van der Waals surface area contributed by atoms with Gasteiger partial charge in [-0.1, -0.05) is 19.9 Å². The fraction of sp³-hybridized carbons (Fsp3) is 0.571. The van der Waals surface area contributed by atoms with Crippen LogP contribution in [0.3, 0.4) is 0 Å². The molecule has 1 N–H and O–H groups in total. The van der Waals surface area contributed by atoms with Gasteiger partial charge < -0.3 is 10.1 Å². The number of methoxy groups -OCH3 is 1. The lowest BCUT2D eigenvalue weighted by Crippen LogP contribution is -2.54. The van der Waals surface area contributed by atoms with Gasteiger partial charge in [-0.15, -0.1) is 0 Å². The van der Waals surface area contributed by atoms with E-state index in [0.717, 1.165) is 12.0 Å². The van der Waals surface area contributed by atoms with Gasteiger partial charge in [-0.05, 0) is 42.5 Å². The van der Waals surface area contributed by atoms with Crippen molar-refractivity contribution >= 4 is 0 Å². The van der Waals surface area contributed by atoms with Crippen LogP contribution in [0.4, 0.5) is 4.39 Å². The summed E-state index contributed by atoms with van der Waals surface area (Å²) >= 11 is 0. The Morgan fingerprint density at radius 2 is 2.12 bits per heavy atom. The van der Waals surface area contributed by atoms with Gasteiger partial charge in [0.15, 0.2) is 11.6 Å². The molecule has 2 atom stereocenters. The molecule has 1 aromatic carbocycles. The standard InChI is InChI=1S/C14H20FNO/c1-14(2)10(8-13(14)16-3)9-5-6-12(17-4)11(15)7-9/h5-7,10,13,16H,8H2,1-4H3. The van der Waals surface area contributed by atoms with E-state index in [1.54, 1.807) is 12.1 Å². The highest BCUT2D eigenvalue weighted by atomic mass is 19.1. The molecule has 17 heavy (non-hydrogen) atoms. The van der Waals surface area contributed by atoms with E-state index in [1.165, 1.54) is 7.11 Å². The third-order valence-corrected chi connectivity index (χ3v) is 4.19. The topological polar surface area (TPSA) is 21.3 Å².